The number of fused-ring (bicyclic) bond motifs is 1. The van der Waals surface area contributed by atoms with E-state index >= 15 is 0 Å². The molecule has 0 radical (unpaired) electrons. The second-order valence-corrected chi connectivity index (χ2v) is 9.02. The van der Waals surface area contributed by atoms with Crippen molar-refractivity contribution < 1.29 is 31.1 Å². The van der Waals surface area contributed by atoms with E-state index in [0.29, 0.717) is 29.3 Å². The Labute approximate surface area is 219 Å². The van der Waals surface area contributed by atoms with Crippen molar-refractivity contribution in [3.8, 4) is 0 Å². The molecule has 1 heterocycles. The lowest BCUT2D eigenvalue weighted by Gasteiger charge is -2.22. The minimum absolute atomic E-state index is 0.0637. The number of hydrogen-bond acceptors (Lipinski definition) is 3. The maximum atomic E-state index is 14.2. The van der Waals surface area contributed by atoms with Crippen molar-refractivity contribution in [3.63, 3.8) is 0 Å². The number of hydrogen-bond donors (Lipinski definition) is 3. The van der Waals surface area contributed by atoms with E-state index in [9.17, 15) is 31.1 Å². The molecule has 3 N–H and O–H groups in total. The number of carbonyl (C=O) groups is 1. The van der Waals surface area contributed by atoms with Crippen LogP contribution in [0.5, 0.6) is 0 Å². The van der Waals surface area contributed by atoms with Crippen LogP contribution in [-0.2, 0) is 12.6 Å². The zero-order chi connectivity index (χ0) is 27.8. The molecule has 4 rings (SSSR count). The van der Waals surface area contributed by atoms with Crippen molar-refractivity contribution in [3.05, 3.63) is 99.1 Å². The summed E-state index contributed by atoms with van der Waals surface area (Å²) in [5, 5.41) is 8.76. The molecule has 0 aromatic heterocycles. The molecule has 0 bridgehead atoms. The van der Waals surface area contributed by atoms with E-state index in [2.05, 4.69) is 22.5 Å². The highest BCUT2D eigenvalue weighted by Gasteiger charge is 2.37. The van der Waals surface area contributed by atoms with Gasteiger partial charge in [0.2, 0.25) is 0 Å². The fourth-order valence-electron chi connectivity index (χ4n) is 4.52. The molecule has 4 nitrogen and oxygen atoms in total. The number of halogens is 7. The predicted octanol–water partition coefficient (Wildman–Crippen LogP) is 7.50. The van der Waals surface area contributed by atoms with Gasteiger partial charge >= 0.3 is 6.18 Å². The summed E-state index contributed by atoms with van der Waals surface area (Å²) in [6.07, 6.45) is -4.42. The molecule has 11 heteroatoms. The lowest BCUT2D eigenvalue weighted by atomic mass is 9.91. The number of nitrogens with one attached hydrogen (secondary N) is 3. The molecule has 200 valence electrons. The van der Waals surface area contributed by atoms with Crippen LogP contribution in [0.2, 0.25) is 5.02 Å². The van der Waals surface area contributed by atoms with Gasteiger partial charge in [0.15, 0.2) is 0 Å². The Morgan fingerprint density at radius 1 is 1.08 bits per heavy atom. The number of benzene rings is 3. The summed E-state index contributed by atoms with van der Waals surface area (Å²) in [5.74, 6) is -2.21. The Kier molecular flexibility index (Phi) is 7.64. The largest absolute Gasteiger partial charge is 0.416 e. The maximum absolute atomic E-state index is 14.2. The summed E-state index contributed by atoms with van der Waals surface area (Å²) in [5.41, 5.74) is 0.536. The van der Waals surface area contributed by atoms with Gasteiger partial charge in [-0.1, -0.05) is 25.1 Å². The van der Waals surface area contributed by atoms with Gasteiger partial charge in [0, 0.05) is 45.3 Å². The topological polar surface area (TPSA) is 53.2 Å². The van der Waals surface area contributed by atoms with Crippen LogP contribution in [0.25, 0.3) is 5.70 Å². The first kappa shape index (κ1) is 27.4. The molecule has 0 spiro atoms. The third-order valence-electron chi connectivity index (χ3n) is 6.16. The SMILES string of the molecule is C=C(Nc1cc(NCCF)c(CC)c2c1C(c1cc(F)ccc1Cl)NC2=O)c1cc(F)cc(C(F)(F)F)c1. The first-order valence-electron chi connectivity index (χ1n) is 11.5. The molecule has 0 saturated heterocycles. The normalized spacial score (nSPS) is 14.7. The Morgan fingerprint density at radius 2 is 1.82 bits per heavy atom. The Bertz CT molecular complexity index is 1420. The quantitative estimate of drug-likeness (QED) is 0.253. The molecule has 1 aliphatic rings. The fraction of sp³-hybridized carbons (Fsp3) is 0.222. The third-order valence-corrected chi connectivity index (χ3v) is 6.50. The van der Waals surface area contributed by atoms with Gasteiger partial charge in [0.25, 0.3) is 5.91 Å². The summed E-state index contributed by atoms with van der Waals surface area (Å²) < 4.78 is 81.1. The number of rotatable bonds is 8. The van der Waals surface area contributed by atoms with E-state index in [1.807, 2.05) is 0 Å². The molecule has 3 aromatic carbocycles. The van der Waals surface area contributed by atoms with E-state index in [-0.39, 0.29) is 39.6 Å². The summed E-state index contributed by atoms with van der Waals surface area (Å²) >= 11 is 6.34. The van der Waals surface area contributed by atoms with Gasteiger partial charge in [-0.3, -0.25) is 4.79 Å². The van der Waals surface area contributed by atoms with Crippen LogP contribution in [0.4, 0.5) is 37.7 Å². The predicted molar refractivity (Wildman–Crippen MR) is 135 cm³/mol. The van der Waals surface area contributed by atoms with Gasteiger partial charge in [-0.2, -0.15) is 13.2 Å². The molecule has 38 heavy (non-hydrogen) atoms. The zero-order valence-corrected chi connectivity index (χ0v) is 20.8. The van der Waals surface area contributed by atoms with Crippen molar-refractivity contribution in [2.24, 2.45) is 0 Å². The second kappa shape index (κ2) is 10.6. The van der Waals surface area contributed by atoms with Crippen molar-refractivity contribution in [1.82, 2.24) is 5.32 Å². The lowest BCUT2D eigenvalue weighted by Crippen LogP contribution is -2.20. The Balaban J connectivity index is 1.89. The van der Waals surface area contributed by atoms with E-state index in [1.54, 1.807) is 13.0 Å². The number of anilines is 2. The van der Waals surface area contributed by atoms with Crippen LogP contribution in [0.1, 0.15) is 51.1 Å². The van der Waals surface area contributed by atoms with Crippen LogP contribution < -0.4 is 16.0 Å². The van der Waals surface area contributed by atoms with Gasteiger partial charge in [-0.05, 0) is 54.4 Å². The van der Waals surface area contributed by atoms with Crippen LogP contribution in [0.3, 0.4) is 0 Å². The minimum Gasteiger partial charge on any atom is -0.382 e. The molecule has 0 saturated carbocycles. The molecular formula is C27H22ClF6N3O. The standard InChI is InChI=1S/C27H22ClF6N3O/c1-3-18-21(35-7-6-29)12-22(36-13(2)14-8-15(27(32,33)34)10-17(31)9-14)24-23(18)26(38)37-25(24)19-11-16(30)4-5-20(19)28/h4-5,8-12,25,35-36H,2-3,6-7H2,1H3,(H,37,38). The molecule has 0 aliphatic carbocycles. The summed E-state index contributed by atoms with van der Waals surface area (Å²) in [7, 11) is 0. The fourth-order valence-corrected chi connectivity index (χ4v) is 4.74. The van der Waals surface area contributed by atoms with Gasteiger partial charge in [0.05, 0.1) is 17.2 Å². The van der Waals surface area contributed by atoms with E-state index < -0.39 is 42.0 Å². The lowest BCUT2D eigenvalue weighted by molar-refractivity contribution is -0.137. The van der Waals surface area contributed by atoms with Crippen LogP contribution in [0, 0.1) is 11.6 Å². The van der Waals surface area contributed by atoms with E-state index in [0.717, 1.165) is 18.2 Å². The first-order valence-corrected chi connectivity index (χ1v) is 11.9. The second-order valence-electron chi connectivity index (χ2n) is 8.61. The monoisotopic (exact) mass is 553 g/mol. The van der Waals surface area contributed by atoms with E-state index in [1.165, 1.54) is 12.1 Å². The molecule has 1 atom stereocenters. The molecule has 0 fully saturated rings. The van der Waals surface area contributed by atoms with Gasteiger partial charge in [-0.15, -0.1) is 0 Å². The van der Waals surface area contributed by atoms with Crippen molar-refractivity contribution in [1.29, 1.82) is 0 Å². The molecule has 1 amide bonds. The summed E-state index contributed by atoms with van der Waals surface area (Å²) in [6, 6.07) is 6.31. The average Bonchev–Trinajstić information content (AvgIpc) is 3.20. The molecule has 1 unspecified atom stereocenters. The molecule has 1 aliphatic heterocycles. The van der Waals surface area contributed by atoms with Crippen molar-refractivity contribution >= 4 is 34.6 Å². The highest BCUT2D eigenvalue weighted by molar-refractivity contribution is 6.31. The van der Waals surface area contributed by atoms with Crippen LogP contribution in [0.15, 0.2) is 49.0 Å². The minimum atomic E-state index is -4.79. The number of amides is 1. The van der Waals surface area contributed by atoms with Gasteiger partial charge in [0.1, 0.15) is 18.3 Å². The van der Waals surface area contributed by atoms with Gasteiger partial charge in [-0.25, -0.2) is 13.2 Å². The third kappa shape index (κ3) is 5.31. The maximum Gasteiger partial charge on any atom is 0.416 e. The van der Waals surface area contributed by atoms with Gasteiger partial charge < -0.3 is 16.0 Å². The highest BCUT2D eigenvalue weighted by Crippen LogP contribution is 2.44. The first-order chi connectivity index (χ1) is 17.9. The highest BCUT2D eigenvalue weighted by atomic mass is 35.5. The summed E-state index contributed by atoms with van der Waals surface area (Å²) in [6.45, 7) is 4.81. The van der Waals surface area contributed by atoms with Crippen LogP contribution in [-0.4, -0.2) is 19.1 Å². The Hall–Kier alpha value is -3.66. The number of alkyl halides is 4. The van der Waals surface area contributed by atoms with Crippen molar-refractivity contribution in [2.75, 3.05) is 23.9 Å². The molecular weight excluding hydrogens is 532 g/mol. The van der Waals surface area contributed by atoms with Crippen LogP contribution >= 0.6 is 11.6 Å². The van der Waals surface area contributed by atoms with E-state index in [4.69, 9.17) is 11.6 Å². The average molecular weight is 554 g/mol. The zero-order valence-electron chi connectivity index (χ0n) is 20.0. The molecule has 3 aromatic rings. The summed E-state index contributed by atoms with van der Waals surface area (Å²) in [4.78, 5) is 13.2. The van der Waals surface area contributed by atoms with Crippen molar-refractivity contribution in [2.45, 2.75) is 25.6 Å². The Morgan fingerprint density at radius 3 is 2.47 bits per heavy atom. The smallest absolute Gasteiger partial charge is 0.382 e. The number of carbonyl (C=O) groups excluding carboxylic acids is 1.